The Bertz CT molecular complexity index is 816. The molecule has 0 heterocycles. The third-order valence-corrected chi connectivity index (χ3v) is 8.00. The highest BCUT2D eigenvalue weighted by Gasteiger charge is 2.56. The molecule has 4 nitrogen and oxygen atoms in total. The van der Waals surface area contributed by atoms with Gasteiger partial charge in [0.05, 0.1) is 0 Å². The molecule has 0 aromatic heterocycles. The lowest BCUT2D eigenvalue weighted by atomic mass is 9.52. The van der Waals surface area contributed by atoms with Crippen LogP contribution >= 0.6 is 0 Å². The number of allylic oxidation sites excluding steroid dienone is 6. The predicted molar refractivity (Wildman–Crippen MR) is 106 cm³/mol. The Morgan fingerprint density at radius 3 is 2.75 bits per heavy atom. The summed E-state index contributed by atoms with van der Waals surface area (Å²) in [4.78, 5) is 36.2. The maximum Gasteiger partial charge on any atom is 0.305 e. The summed E-state index contributed by atoms with van der Waals surface area (Å²) in [5.41, 5.74) is 2.48. The lowest BCUT2D eigenvalue weighted by molar-refractivity contribution is -0.149. The quantitative estimate of drug-likeness (QED) is 0.536. The number of ketones is 2. The van der Waals surface area contributed by atoms with E-state index in [0.29, 0.717) is 18.3 Å². The zero-order valence-electron chi connectivity index (χ0n) is 17.1. The highest BCUT2D eigenvalue weighted by Crippen LogP contribution is 2.63. The van der Waals surface area contributed by atoms with E-state index in [1.54, 1.807) is 13.0 Å². The van der Waals surface area contributed by atoms with Crippen LogP contribution in [0.3, 0.4) is 0 Å². The van der Waals surface area contributed by atoms with E-state index in [1.807, 2.05) is 6.08 Å². The zero-order chi connectivity index (χ0) is 20.1. The van der Waals surface area contributed by atoms with E-state index in [2.05, 4.69) is 26.0 Å². The standard InChI is InChI=1S/C24H30O4/c1-4-22(27)28-14-21(26)20-8-7-18-17-6-5-15-13-16(25)9-11-23(15,2)19(17)10-12-24(18,20)3/h9-11,13,17-18,20H,4-8,12,14H2,1-3H3/t17-,18-,20+,23-,24-/m0/s1. The largest absolute Gasteiger partial charge is 0.458 e. The Labute approximate surface area is 167 Å². The first-order chi connectivity index (χ1) is 13.3. The zero-order valence-corrected chi connectivity index (χ0v) is 17.1. The monoisotopic (exact) mass is 382 g/mol. The average Bonchev–Trinajstić information content (AvgIpc) is 3.03. The molecule has 150 valence electrons. The molecule has 0 aromatic rings. The van der Waals surface area contributed by atoms with Gasteiger partial charge >= 0.3 is 5.97 Å². The van der Waals surface area contributed by atoms with Crippen LogP contribution in [0.2, 0.25) is 0 Å². The summed E-state index contributed by atoms with van der Waals surface area (Å²) in [5.74, 6) is 0.780. The molecule has 0 unspecified atom stereocenters. The van der Waals surface area contributed by atoms with Crippen LogP contribution in [-0.2, 0) is 19.1 Å². The van der Waals surface area contributed by atoms with Crippen molar-refractivity contribution in [3.8, 4) is 0 Å². The van der Waals surface area contributed by atoms with Gasteiger partial charge in [0.2, 0.25) is 0 Å². The van der Waals surface area contributed by atoms with Crippen molar-refractivity contribution in [2.75, 3.05) is 6.61 Å². The molecule has 4 rings (SSSR count). The molecule has 0 N–H and O–H groups in total. The second-order valence-corrected chi connectivity index (χ2v) is 9.34. The van der Waals surface area contributed by atoms with Gasteiger partial charge in [0, 0.05) is 17.8 Å². The number of esters is 1. The number of carbonyl (C=O) groups is 3. The first-order valence-corrected chi connectivity index (χ1v) is 10.6. The molecule has 4 heteroatoms. The predicted octanol–water partition coefficient (Wildman–Crippen LogP) is 4.35. The van der Waals surface area contributed by atoms with Gasteiger partial charge in [0.1, 0.15) is 6.61 Å². The summed E-state index contributed by atoms with van der Waals surface area (Å²) < 4.78 is 5.14. The smallest absolute Gasteiger partial charge is 0.305 e. The third-order valence-electron chi connectivity index (χ3n) is 8.00. The van der Waals surface area contributed by atoms with Crippen molar-refractivity contribution >= 4 is 17.5 Å². The summed E-state index contributed by atoms with van der Waals surface area (Å²) in [6.07, 6.45) is 13.1. The normalized spacial score (nSPS) is 38.7. The first kappa shape index (κ1) is 19.4. The molecular weight excluding hydrogens is 352 g/mol. The van der Waals surface area contributed by atoms with Gasteiger partial charge < -0.3 is 4.74 Å². The highest BCUT2D eigenvalue weighted by atomic mass is 16.5. The van der Waals surface area contributed by atoms with Gasteiger partial charge in [0.25, 0.3) is 0 Å². The second-order valence-electron chi connectivity index (χ2n) is 9.34. The number of hydrogen-bond acceptors (Lipinski definition) is 4. The van der Waals surface area contributed by atoms with Crippen LogP contribution in [-0.4, -0.2) is 24.1 Å². The number of Topliss-reactive ketones (excluding diaryl/α,β-unsaturated/α-hetero) is 1. The molecular formula is C24H30O4. The van der Waals surface area contributed by atoms with E-state index < -0.39 is 0 Å². The highest BCUT2D eigenvalue weighted by molar-refractivity contribution is 6.01. The Kier molecular flexibility index (Phi) is 4.71. The van der Waals surface area contributed by atoms with Crippen LogP contribution in [0.25, 0.3) is 0 Å². The van der Waals surface area contributed by atoms with Crippen LogP contribution in [0.15, 0.2) is 35.5 Å². The molecule has 0 radical (unpaired) electrons. The van der Waals surface area contributed by atoms with E-state index in [0.717, 1.165) is 32.1 Å². The van der Waals surface area contributed by atoms with Crippen molar-refractivity contribution in [3.63, 3.8) is 0 Å². The Morgan fingerprint density at radius 2 is 2.00 bits per heavy atom. The molecule has 2 saturated carbocycles. The summed E-state index contributed by atoms with van der Waals surface area (Å²) in [7, 11) is 0. The number of carbonyl (C=O) groups excluding carboxylic acids is 3. The lowest BCUT2D eigenvalue weighted by Crippen LogP contribution is -2.45. The van der Waals surface area contributed by atoms with E-state index >= 15 is 0 Å². The molecule has 0 amide bonds. The summed E-state index contributed by atoms with van der Waals surface area (Å²) in [6, 6.07) is 0. The van der Waals surface area contributed by atoms with Crippen LogP contribution in [0, 0.1) is 28.6 Å². The maximum absolute atomic E-state index is 12.9. The molecule has 0 spiro atoms. The minimum atomic E-state index is -0.308. The molecule has 0 saturated heterocycles. The van der Waals surface area contributed by atoms with Crippen molar-refractivity contribution in [1.29, 1.82) is 0 Å². The van der Waals surface area contributed by atoms with Crippen LogP contribution in [0.4, 0.5) is 0 Å². The lowest BCUT2D eigenvalue weighted by Gasteiger charge is -2.52. The number of fused-ring (bicyclic) bond motifs is 5. The fraction of sp³-hybridized carbons (Fsp3) is 0.625. The summed E-state index contributed by atoms with van der Waals surface area (Å²) >= 11 is 0. The molecule has 4 aliphatic rings. The van der Waals surface area contributed by atoms with Gasteiger partial charge in [-0.2, -0.15) is 0 Å². The molecule has 5 atom stereocenters. The topological polar surface area (TPSA) is 60.4 Å². The van der Waals surface area contributed by atoms with Crippen molar-refractivity contribution in [3.05, 3.63) is 35.5 Å². The van der Waals surface area contributed by atoms with E-state index in [9.17, 15) is 14.4 Å². The van der Waals surface area contributed by atoms with E-state index in [1.165, 1.54) is 11.1 Å². The van der Waals surface area contributed by atoms with E-state index in [4.69, 9.17) is 4.74 Å². The third kappa shape index (κ3) is 2.84. The van der Waals surface area contributed by atoms with Gasteiger partial charge in [-0.05, 0) is 68.4 Å². The minimum absolute atomic E-state index is 0.0341. The summed E-state index contributed by atoms with van der Waals surface area (Å²) in [5, 5.41) is 0. The molecule has 2 fully saturated rings. The van der Waals surface area contributed by atoms with Gasteiger partial charge in [-0.15, -0.1) is 0 Å². The van der Waals surface area contributed by atoms with E-state index in [-0.39, 0.29) is 40.9 Å². The number of rotatable bonds is 4. The van der Waals surface area contributed by atoms with Crippen molar-refractivity contribution in [1.82, 2.24) is 0 Å². The second kappa shape index (κ2) is 6.82. The fourth-order valence-electron chi connectivity index (χ4n) is 6.40. The molecule has 0 aliphatic heterocycles. The molecule has 4 aliphatic carbocycles. The number of ether oxygens (including phenoxy) is 1. The van der Waals surface area contributed by atoms with Gasteiger partial charge in [-0.3, -0.25) is 14.4 Å². The van der Waals surface area contributed by atoms with Gasteiger partial charge in [-0.25, -0.2) is 0 Å². The van der Waals surface area contributed by atoms with Crippen LogP contribution in [0.5, 0.6) is 0 Å². The minimum Gasteiger partial charge on any atom is -0.458 e. The Balaban J connectivity index is 1.59. The van der Waals surface area contributed by atoms with Crippen molar-refractivity contribution in [2.24, 2.45) is 28.6 Å². The molecule has 0 aromatic carbocycles. The Hall–Kier alpha value is -1.97. The van der Waals surface area contributed by atoms with Crippen LogP contribution in [0.1, 0.15) is 59.3 Å². The first-order valence-electron chi connectivity index (χ1n) is 10.6. The SMILES string of the molecule is CCC(=O)OCC(=O)[C@H]1CC[C@H]2[C@@H]3CCC4=CC(=O)C=C[C@]4(C)C3=CC[C@]12C. The molecule has 28 heavy (non-hydrogen) atoms. The molecule has 0 bridgehead atoms. The van der Waals surface area contributed by atoms with Crippen LogP contribution < -0.4 is 0 Å². The maximum atomic E-state index is 12.9. The summed E-state index contributed by atoms with van der Waals surface area (Å²) in [6.45, 7) is 6.16. The van der Waals surface area contributed by atoms with Gasteiger partial charge in [-0.1, -0.05) is 37.1 Å². The number of hydrogen-bond donors (Lipinski definition) is 0. The van der Waals surface area contributed by atoms with Gasteiger partial charge in [0.15, 0.2) is 11.6 Å². The Morgan fingerprint density at radius 1 is 1.21 bits per heavy atom. The fourth-order valence-corrected chi connectivity index (χ4v) is 6.40. The average molecular weight is 383 g/mol. The van der Waals surface area contributed by atoms with Crippen molar-refractivity contribution < 1.29 is 19.1 Å². The van der Waals surface area contributed by atoms with Crippen molar-refractivity contribution in [2.45, 2.75) is 59.3 Å².